The number of hydrogen-bond acceptors (Lipinski definition) is 0. The molecule has 0 amide bonds. The molecular formula is C23H19Cl2Zr. The van der Waals surface area contributed by atoms with Crippen LogP contribution in [0.5, 0.6) is 0 Å². The van der Waals surface area contributed by atoms with Gasteiger partial charge in [0.15, 0.2) is 0 Å². The third-order valence-corrected chi connectivity index (χ3v) is 6.98. The molecule has 0 spiro atoms. The predicted octanol–water partition coefficient (Wildman–Crippen LogP) is 6.82. The molecule has 3 aromatic rings. The fourth-order valence-electron chi connectivity index (χ4n) is 4.18. The third kappa shape index (κ3) is 3.05. The number of aryl methyl sites for hydroxylation is 1. The fraction of sp³-hybridized carbons (Fsp3) is 0.130. The van der Waals surface area contributed by atoms with Gasteiger partial charge >= 0.3 is 158 Å². The Balaban J connectivity index is 0.000000980. The number of halogens is 2. The van der Waals surface area contributed by atoms with Gasteiger partial charge < -0.3 is 0 Å². The van der Waals surface area contributed by atoms with Crippen molar-refractivity contribution in [2.45, 2.75) is 16.5 Å². The van der Waals surface area contributed by atoms with Crippen molar-refractivity contribution in [2.75, 3.05) is 0 Å². The van der Waals surface area contributed by atoms with Crippen molar-refractivity contribution in [3.63, 3.8) is 0 Å². The zero-order chi connectivity index (χ0) is 16.1. The number of allylic oxidation sites excluding steroid dienone is 4. The summed E-state index contributed by atoms with van der Waals surface area (Å²) in [5.74, 6) is 0. The van der Waals surface area contributed by atoms with Gasteiger partial charge in [0.1, 0.15) is 0 Å². The zero-order valence-electron chi connectivity index (χ0n) is 14.2. The second-order valence-electron chi connectivity index (χ2n) is 6.66. The molecule has 3 heteroatoms. The van der Waals surface area contributed by atoms with Crippen LogP contribution in [0.1, 0.15) is 23.1 Å². The summed E-state index contributed by atoms with van der Waals surface area (Å²) in [6, 6.07) is 24.4. The van der Waals surface area contributed by atoms with E-state index in [0.717, 1.165) is 0 Å². The van der Waals surface area contributed by atoms with E-state index in [9.17, 15) is 0 Å². The molecule has 3 aromatic carbocycles. The van der Waals surface area contributed by atoms with Crippen LogP contribution in [0.25, 0.3) is 21.9 Å². The van der Waals surface area contributed by atoms with E-state index in [1.807, 2.05) is 0 Å². The second kappa shape index (κ2) is 7.85. The van der Waals surface area contributed by atoms with Gasteiger partial charge in [0.05, 0.1) is 0 Å². The molecule has 0 saturated carbocycles. The van der Waals surface area contributed by atoms with Crippen molar-refractivity contribution in [1.29, 1.82) is 0 Å². The normalized spacial score (nSPS) is 17.7. The molecule has 0 heterocycles. The average molecular weight is 458 g/mol. The Hall–Kier alpha value is -1.14. The summed E-state index contributed by atoms with van der Waals surface area (Å²) in [5.41, 5.74) is 9.08. The molecule has 0 bridgehead atoms. The predicted molar refractivity (Wildman–Crippen MR) is 112 cm³/mol. The molecule has 0 radical (unpaired) electrons. The molecule has 0 saturated heterocycles. The van der Waals surface area contributed by atoms with Crippen LogP contribution in [0.2, 0.25) is 3.63 Å². The van der Waals surface area contributed by atoms with Gasteiger partial charge in [-0.3, -0.25) is 0 Å². The summed E-state index contributed by atoms with van der Waals surface area (Å²) in [6.45, 7) is 0. The third-order valence-electron chi connectivity index (χ3n) is 5.36. The van der Waals surface area contributed by atoms with Gasteiger partial charge in [-0.2, -0.15) is 0 Å². The van der Waals surface area contributed by atoms with E-state index in [1.165, 1.54) is 51.5 Å². The Morgan fingerprint density at radius 1 is 0.769 bits per heavy atom. The molecule has 0 nitrogen and oxygen atoms in total. The van der Waals surface area contributed by atoms with Crippen molar-refractivity contribution >= 4 is 46.7 Å². The molecule has 0 fully saturated rings. The standard InChI is InChI=1S/C23H17.2ClH.Zr/c1-2-6-16(7-3-1)20-14-19-13-12-18-11-10-17-8-4-5-9-21(17)23(18)22(19)15-20;;;/h1-11,14-15H,12-13H2;2*1H;. The Morgan fingerprint density at radius 3 is 2.31 bits per heavy atom. The maximum atomic E-state index is 2.48. The van der Waals surface area contributed by atoms with E-state index in [0.29, 0.717) is 3.63 Å². The zero-order valence-corrected chi connectivity index (χ0v) is 18.3. The molecule has 1 atom stereocenters. The van der Waals surface area contributed by atoms with Gasteiger partial charge in [-0.15, -0.1) is 24.8 Å². The first kappa shape index (κ1) is 19.6. The van der Waals surface area contributed by atoms with E-state index >= 15 is 0 Å². The average Bonchev–Trinajstić information content (AvgIpc) is 2.99. The monoisotopic (exact) mass is 455 g/mol. The summed E-state index contributed by atoms with van der Waals surface area (Å²) in [5, 5.41) is 2.77. The van der Waals surface area contributed by atoms with Gasteiger partial charge in [0, 0.05) is 0 Å². The van der Waals surface area contributed by atoms with E-state index in [2.05, 4.69) is 72.8 Å². The molecule has 2 aliphatic rings. The summed E-state index contributed by atoms with van der Waals surface area (Å²) in [7, 11) is 0. The SMILES string of the molecule is Cl.Cl.[Zr][CH]1C(c2ccccc2)=CC2=C1CCc1ccc3ccccc3c12. The Morgan fingerprint density at radius 2 is 1.50 bits per heavy atom. The van der Waals surface area contributed by atoms with Crippen LogP contribution in [-0.4, -0.2) is 0 Å². The van der Waals surface area contributed by atoms with Gasteiger partial charge in [0.2, 0.25) is 0 Å². The van der Waals surface area contributed by atoms with Crippen LogP contribution >= 0.6 is 24.8 Å². The van der Waals surface area contributed by atoms with Crippen LogP contribution in [0, 0.1) is 0 Å². The Labute approximate surface area is 182 Å². The first-order valence-corrected chi connectivity index (χ1v) is 9.97. The summed E-state index contributed by atoms with van der Waals surface area (Å²) in [4.78, 5) is 0. The van der Waals surface area contributed by atoms with Gasteiger partial charge in [0.25, 0.3) is 0 Å². The first-order chi connectivity index (χ1) is 11.8. The van der Waals surface area contributed by atoms with Crippen molar-refractivity contribution in [3.8, 4) is 0 Å². The molecule has 0 N–H and O–H groups in total. The number of hydrogen-bond donors (Lipinski definition) is 0. The van der Waals surface area contributed by atoms with E-state index in [-0.39, 0.29) is 24.8 Å². The summed E-state index contributed by atoms with van der Waals surface area (Å²) in [6.07, 6.45) is 4.87. The molecule has 5 rings (SSSR count). The minimum absolute atomic E-state index is 0. The van der Waals surface area contributed by atoms with Crippen molar-refractivity contribution in [1.82, 2.24) is 0 Å². The van der Waals surface area contributed by atoms with Gasteiger partial charge in [-0.05, 0) is 0 Å². The van der Waals surface area contributed by atoms with Crippen molar-refractivity contribution in [2.24, 2.45) is 0 Å². The first-order valence-electron chi connectivity index (χ1n) is 8.55. The summed E-state index contributed by atoms with van der Waals surface area (Å²) >= 11 is 1.60. The van der Waals surface area contributed by atoms with Crippen LogP contribution in [0.15, 0.2) is 78.4 Å². The van der Waals surface area contributed by atoms with Crippen LogP contribution in [0.4, 0.5) is 0 Å². The second-order valence-corrected chi connectivity index (χ2v) is 8.08. The summed E-state index contributed by atoms with van der Waals surface area (Å²) < 4.78 is 0.613. The van der Waals surface area contributed by atoms with Crippen LogP contribution in [-0.2, 0) is 31.1 Å². The quantitative estimate of drug-likeness (QED) is 0.376. The minimum atomic E-state index is 0. The van der Waals surface area contributed by atoms with Crippen LogP contribution in [0.3, 0.4) is 0 Å². The molecule has 26 heavy (non-hydrogen) atoms. The number of fused-ring (bicyclic) bond motifs is 4. The van der Waals surface area contributed by atoms with Crippen LogP contribution < -0.4 is 0 Å². The van der Waals surface area contributed by atoms with Crippen molar-refractivity contribution in [3.05, 3.63) is 95.1 Å². The number of benzene rings is 3. The fourth-order valence-corrected chi connectivity index (χ4v) is 5.53. The molecule has 0 aliphatic heterocycles. The van der Waals surface area contributed by atoms with E-state index in [4.69, 9.17) is 0 Å². The van der Waals surface area contributed by atoms with Crippen molar-refractivity contribution < 1.29 is 24.7 Å². The molecule has 0 aromatic heterocycles. The van der Waals surface area contributed by atoms with E-state index in [1.54, 1.807) is 30.3 Å². The van der Waals surface area contributed by atoms with E-state index < -0.39 is 0 Å². The molecular weight excluding hydrogens is 438 g/mol. The molecule has 1 unspecified atom stereocenters. The van der Waals surface area contributed by atoms with Gasteiger partial charge in [-0.25, -0.2) is 0 Å². The topological polar surface area (TPSA) is 0 Å². The molecule has 129 valence electrons. The maximum absolute atomic E-state index is 2.48. The number of rotatable bonds is 1. The Bertz CT molecular complexity index is 1020. The Kier molecular flexibility index (Phi) is 5.92. The molecule has 2 aliphatic carbocycles. The van der Waals surface area contributed by atoms with Gasteiger partial charge in [-0.1, -0.05) is 0 Å².